The number of ether oxygens (including phenoxy) is 2. The zero-order valence-electron chi connectivity index (χ0n) is 14.7. The highest BCUT2D eigenvalue weighted by Crippen LogP contribution is 2.47. The van der Waals surface area contributed by atoms with Gasteiger partial charge in [-0.15, -0.1) is 0 Å². The zero-order chi connectivity index (χ0) is 17.7. The van der Waals surface area contributed by atoms with Crippen LogP contribution in [0.1, 0.15) is 58.3 Å². The number of nitrogens with one attached hydrogen (secondary N) is 2. The van der Waals surface area contributed by atoms with Crippen LogP contribution in [0, 0.1) is 0 Å². The molecule has 0 aromatic heterocycles. The minimum Gasteiger partial charge on any atom is -0.448 e. The molecule has 0 radical (unpaired) electrons. The molecule has 0 unspecified atom stereocenters. The van der Waals surface area contributed by atoms with Gasteiger partial charge in [0.1, 0.15) is 0 Å². The fraction of sp³-hybridized carbons (Fsp3) is 0.579. The number of unbranched alkanes of at least 4 members (excludes halogenated alkanes) is 2. The molecular weight excluding hydrogens is 320 g/mol. The smallest absolute Gasteiger partial charge is 0.251 e. The van der Waals surface area contributed by atoms with Crippen LogP contribution < -0.4 is 20.1 Å². The highest BCUT2D eigenvalue weighted by atomic mass is 16.7. The number of hydrogen-bond donors (Lipinski definition) is 2. The van der Waals surface area contributed by atoms with Crippen molar-refractivity contribution in [1.82, 2.24) is 5.32 Å². The van der Waals surface area contributed by atoms with E-state index >= 15 is 0 Å². The van der Waals surface area contributed by atoms with Crippen molar-refractivity contribution in [3.05, 3.63) is 18.2 Å². The average Bonchev–Trinajstić information content (AvgIpc) is 3.16. The van der Waals surface area contributed by atoms with Crippen LogP contribution in [-0.2, 0) is 9.59 Å². The summed E-state index contributed by atoms with van der Waals surface area (Å²) in [6, 6.07) is 5.56. The Hall–Kier alpha value is -2.24. The van der Waals surface area contributed by atoms with E-state index in [1.165, 1.54) is 6.92 Å². The molecule has 1 saturated carbocycles. The molecule has 1 spiro atoms. The van der Waals surface area contributed by atoms with E-state index in [2.05, 4.69) is 10.6 Å². The van der Waals surface area contributed by atoms with Gasteiger partial charge in [-0.25, -0.2) is 0 Å². The van der Waals surface area contributed by atoms with Gasteiger partial charge < -0.3 is 20.1 Å². The minimum atomic E-state index is -0.473. The van der Waals surface area contributed by atoms with Crippen molar-refractivity contribution in [1.29, 1.82) is 0 Å². The maximum Gasteiger partial charge on any atom is 0.251 e. The summed E-state index contributed by atoms with van der Waals surface area (Å²) in [5.41, 5.74) is 0.737. The highest BCUT2D eigenvalue weighted by Gasteiger charge is 2.44. The number of hydrogen-bond acceptors (Lipinski definition) is 4. The van der Waals surface area contributed by atoms with Gasteiger partial charge in [0.15, 0.2) is 11.5 Å². The third-order valence-electron chi connectivity index (χ3n) is 4.64. The number of carbonyl (C=O) groups excluding carboxylic acids is 2. The molecule has 1 aromatic rings. The maximum atomic E-state index is 12.1. The molecule has 1 aliphatic heterocycles. The zero-order valence-corrected chi connectivity index (χ0v) is 14.7. The van der Waals surface area contributed by atoms with Crippen LogP contribution in [0.3, 0.4) is 0 Å². The Labute approximate surface area is 148 Å². The van der Waals surface area contributed by atoms with Gasteiger partial charge in [-0.2, -0.15) is 0 Å². The first kappa shape index (κ1) is 17.6. The summed E-state index contributed by atoms with van der Waals surface area (Å²) >= 11 is 0. The van der Waals surface area contributed by atoms with E-state index in [4.69, 9.17) is 9.47 Å². The van der Waals surface area contributed by atoms with Gasteiger partial charge in [0.2, 0.25) is 11.8 Å². The second-order valence-corrected chi connectivity index (χ2v) is 6.83. The van der Waals surface area contributed by atoms with E-state index in [1.54, 1.807) is 0 Å². The summed E-state index contributed by atoms with van der Waals surface area (Å²) < 4.78 is 12.0. The average molecular weight is 346 g/mol. The van der Waals surface area contributed by atoms with Crippen LogP contribution >= 0.6 is 0 Å². The predicted molar refractivity (Wildman–Crippen MR) is 94.7 cm³/mol. The highest BCUT2D eigenvalue weighted by molar-refractivity contribution is 5.91. The molecule has 1 fully saturated rings. The number of rotatable bonds is 7. The number of benzene rings is 1. The first-order valence-electron chi connectivity index (χ1n) is 9.13. The molecule has 0 bridgehead atoms. The molecule has 25 heavy (non-hydrogen) atoms. The maximum absolute atomic E-state index is 12.1. The first-order valence-corrected chi connectivity index (χ1v) is 9.13. The van der Waals surface area contributed by atoms with Crippen molar-refractivity contribution in [2.24, 2.45) is 0 Å². The van der Waals surface area contributed by atoms with Gasteiger partial charge in [-0.05, 0) is 37.8 Å². The van der Waals surface area contributed by atoms with Crippen LogP contribution in [0.2, 0.25) is 0 Å². The van der Waals surface area contributed by atoms with Crippen LogP contribution in [-0.4, -0.2) is 24.1 Å². The van der Waals surface area contributed by atoms with E-state index in [9.17, 15) is 9.59 Å². The molecule has 136 valence electrons. The third-order valence-corrected chi connectivity index (χ3v) is 4.64. The van der Waals surface area contributed by atoms with Crippen molar-refractivity contribution < 1.29 is 19.1 Å². The molecule has 6 nitrogen and oxygen atoms in total. The van der Waals surface area contributed by atoms with Crippen molar-refractivity contribution in [2.45, 2.75) is 64.1 Å². The molecular formula is C19H26N2O4. The Bertz CT molecular complexity index is 638. The molecule has 6 heteroatoms. The molecule has 0 atom stereocenters. The van der Waals surface area contributed by atoms with Crippen molar-refractivity contribution in [3.8, 4) is 11.5 Å². The Morgan fingerprint density at radius 3 is 2.60 bits per heavy atom. The van der Waals surface area contributed by atoms with Gasteiger partial charge in [0.05, 0.1) is 0 Å². The van der Waals surface area contributed by atoms with Gasteiger partial charge >= 0.3 is 0 Å². The van der Waals surface area contributed by atoms with Crippen LogP contribution in [0.4, 0.5) is 5.69 Å². The van der Waals surface area contributed by atoms with Crippen LogP contribution in [0.15, 0.2) is 18.2 Å². The summed E-state index contributed by atoms with van der Waals surface area (Å²) in [4.78, 5) is 22.8. The quantitative estimate of drug-likeness (QED) is 0.742. The number of amides is 2. The summed E-state index contributed by atoms with van der Waals surface area (Å²) in [7, 11) is 0. The topological polar surface area (TPSA) is 76.7 Å². The summed E-state index contributed by atoms with van der Waals surface area (Å²) in [5, 5.41) is 5.67. The molecule has 3 rings (SSSR count). The Morgan fingerprint density at radius 2 is 1.84 bits per heavy atom. The largest absolute Gasteiger partial charge is 0.448 e. The number of carbonyl (C=O) groups is 2. The second kappa shape index (κ2) is 7.76. The lowest BCUT2D eigenvalue weighted by Crippen LogP contribution is -2.34. The Morgan fingerprint density at radius 1 is 1.08 bits per heavy atom. The lowest BCUT2D eigenvalue weighted by Gasteiger charge is -2.21. The molecule has 1 heterocycles. The van der Waals surface area contributed by atoms with E-state index in [0.29, 0.717) is 13.0 Å². The summed E-state index contributed by atoms with van der Waals surface area (Å²) in [5.74, 6) is 0.987. The summed E-state index contributed by atoms with van der Waals surface area (Å²) in [6.45, 7) is 2.17. The molecule has 2 aliphatic rings. The molecule has 2 N–H and O–H groups in total. The third kappa shape index (κ3) is 4.65. The monoisotopic (exact) mass is 346 g/mol. The van der Waals surface area contributed by atoms with Crippen molar-refractivity contribution >= 4 is 17.5 Å². The number of anilines is 1. The fourth-order valence-corrected chi connectivity index (χ4v) is 3.36. The van der Waals surface area contributed by atoms with E-state index in [-0.39, 0.29) is 11.8 Å². The lowest BCUT2D eigenvalue weighted by atomic mass is 10.2. The SMILES string of the molecule is CC(=O)NCCCCCC(=O)Nc1ccc2c(c1)OC1(CCCC1)O2. The fourth-order valence-electron chi connectivity index (χ4n) is 3.36. The van der Waals surface area contributed by atoms with E-state index in [0.717, 1.165) is 62.1 Å². The van der Waals surface area contributed by atoms with Crippen LogP contribution in [0.25, 0.3) is 0 Å². The predicted octanol–water partition coefficient (Wildman–Crippen LogP) is 3.36. The van der Waals surface area contributed by atoms with Crippen molar-refractivity contribution in [2.75, 3.05) is 11.9 Å². The van der Waals surface area contributed by atoms with E-state index < -0.39 is 5.79 Å². The second-order valence-electron chi connectivity index (χ2n) is 6.83. The Kier molecular flexibility index (Phi) is 5.46. The minimum absolute atomic E-state index is 0.00558. The van der Waals surface area contributed by atoms with Gasteiger partial charge in [-0.3, -0.25) is 9.59 Å². The van der Waals surface area contributed by atoms with Crippen molar-refractivity contribution in [3.63, 3.8) is 0 Å². The molecule has 0 saturated heterocycles. The molecule has 2 amide bonds. The normalized spacial score (nSPS) is 16.8. The van der Waals surface area contributed by atoms with Crippen LogP contribution in [0.5, 0.6) is 11.5 Å². The molecule has 1 aromatic carbocycles. The van der Waals surface area contributed by atoms with E-state index in [1.807, 2.05) is 18.2 Å². The Balaban J connectivity index is 1.42. The summed E-state index contributed by atoms with van der Waals surface area (Å²) in [6.07, 6.45) is 7.16. The van der Waals surface area contributed by atoms with Gasteiger partial charge in [0.25, 0.3) is 5.79 Å². The standard InChI is InChI=1S/C19H26N2O4/c1-14(22)20-12-6-2-3-7-18(23)21-15-8-9-16-17(13-15)25-19(24-16)10-4-5-11-19/h8-9,13H,2-7,10-12H2,1H3,(H,20,22)(H,21,23). The lowest BCUT2D eigenvalue weighted by molar-refractivity contribution is -0.119. The first-order chi connectivity index (χ1) is 12.1. The number of fused-ring (bicyclic) bond motifs is 1. The van der Waals surface area contributed by atoms with Gasteiger partial charge in [-0.1, -0.05) is 6.42 Å². The molecule has 1 aliphatic carbocycles. The van der Waals surface area contributed by atoms with Gasteiger partial charge in [0, 0.05) is 44.5 Å².